The van der Waals surface area contributed by atoms with Crippen LogP contribution in [-0.2, 0) is 13.6 Å². The molecule has 24 heavy (non-hydrogen) atoms. The minimum Gasteiger partial charge on any atom is -0.307 e. The van der Waals surface area contributed by atoms with Crippen LogP contribution in [0.1, 0.15) is 30.8 Å². The maximum absolute atomic E-state index is 13.3. The van der Waals surface area contributed by atoms with Gasteiger partial charge in [-0.25, -0.2) is 5.06 Å². The summed E-state index contributed by atoms with van der Waals surface area (Å²) in [6.07, 6.45) is 0. The van der Waals surface area contributed by atoms with Crippen molar-refractivity contribution in [1.82, 2.24) is 0 Å². The molecule has 2 aromatic carbocycles. The van der Waals surface area contributed by atoms with E-state index < -0.39 is 13.4 Å². The van der Waals surface area contributed by atoms with Gasteiger partial charge >= 0.3 is 7.60 Å². The highest BCUT2D eigenvalue weighted by Crippen LogP contribution is 2.62. The van der Waals surface area contributed by atoms with Gasteiger partial charge in [0.1, 0.15) is 0 Å². The Morgan fingerprint density at radius 3 is 2.04 bits per heavy atom. The number of hydroxylamine groups is 1. The molecule has 2 aromatic rings. The van der Waals surface area contributed by atoms with Gasteiger partial charge in [-0.1, -0.05) is 48.0 Å². The van der Waals surface area contributed by atoms with Gasteiger partial charge < -0.3 is 9.05 Å². The first-order chi connectivity index (χ1) is 11.5. The van der Waals surface area contributed by atoms with Gasteiger partial charge in [0, 0.05) is 0 Å². The highest BCUT2D eigenvalue weighted by molar-refractivity contribution is 7.54. The Labute approximate surface area is 143 Å². The Balaban J connectivity index is 2.49. The number of hydrogen-bond donors (Lipinski definition) is 1. The molecule has 0 aromatic heterocycles. The van der Waals surface area contributed by atoms with Crippen LogP contribution in [0.3, 0.4) is 0 Å². The van der Waals surface area contributed by atoms with Crippen LogP contribution in [-0.4, -0.2) is 18.4 Å². The van der Waals surface area contributed by atoms with E-state index in [2.05, 4.69) is 0 Å². The van der Waals surface area contributed by atoms with Gasteiger partial charge in [0.05, 0.1) is 18.9 Å². The molecular weight excluding hydrogens is 325 g/mol. The molecule has 0 amide bonds. The maximum atomic E-state index is 13.3. The van der Waals surface area contributed by atoms with E-state index in [1.54, 1.807) is 38.1 Å². The predicted octanol–water partition coefficient (Wildman–Crippen LogP) is 5.16. The van der Waals surface area contributed by atoms with E-state index in [0.717, 1.165) is 10.6 Å². The number of hydrogen-bond acceptors (Lipinski definition) is 5. The van der Waals surface area contributed by atoms with Gasteiger partial charge in [-0.3, -0.25) is 9.77 Å². The zero-order valence-corrected chi connectivity index (χ0v) is 15.1. The Morgan fingerprint density at radius 2 is 1.54 bits per heavy atom. The summed E-state index contributed by atoms with van der Waals surface area (Å²) < 4.78 is 24.3. The molecule has 1 N–H and O–H groups in total. The van der Waals surface area contributed by atoms with Crippen molar-refractivity contribution in [3.63, 3.8) is 0 Å². The maximum Gasteiger partial charge on any atom is 0.359 e. The van der Waals surface area contributed by atoms with E-state index in [1.807, 2.05) is 37.3 Å². The fourth-order valence-electron chi connectivity index (χ4n) is 2.46. The fourth-order valence-corrected chi connectivity index (χ4v) is 4.48. The first-order valence-corrected chi connectivity index (χ1v) is 9.61. The fraction of sp³-hybridized carbons (Fsp3) is 0.333. The molecule has 5 nitrogen and oxygen atoms in total. The van der Waals surface area contributed by atoms with Crippen molar-refractivity contribution in [3.8, 4) is 0 Å². The summed E-state index contributed by atoms with van der Waals surface area (Å²) in [6, 6.07) is 16.4. The van der Waals surface area contributed by atoms with Gasteiger partial charge in [0.25, 0.3) is 0 Å². The summed E-state index contributed by atoms with van der Waals surface area (Å²) in [7, 11) is -3.61. The lowest BCUT2D eigenvalue weighted by Crippen LogP contribution is -2.26. The number of anilines is 1. The minimum atomic E-state index is -3.61. The topological polar surface area (TPSA) is 59.0 Å². The largest absolute Gasteiger partial charge is 0.359 e. The van der Waals surface area contributed by atoms with Crippen molar-refractivity contribution in [3.05, 3.63) is 65.7 Å². The Hall–Kier alpha value is -1.65. The van der Waals surface area contributed by atoms with Crippen LogP contribution in [0.25, 0.3) is 0 Å². The van der Waals surface area contributed by atoms with Crippen LogP contribution in [0, 0.1) is 6.92 Å². The third-order valence-corrected chi connectivity index (χ3v) is 5.90. The summed E-state index contributed by atoms with van der Waals surface area (Å²) in [4.78, 5) is 0. The molecule has 0 fully saturated rings. The lowest BCUT2D eigenvalue weighted by atomic mass is 10.2. The van der Waals surface area contributed by atoms with Gasteiger partial charge in [-0.15, -0.1) is 0 Å². The van der Waals surface area contributed by atoms with E-state index in [-0.39, 0.29) is 13.2 Å². The molecule has 0 aliphatic heterocycles. The molecule has 130 valence electrons. The molecule has 0 spiro atoms. The lowest BCUT2D eigenvalue weighted by molar-refractivity contribution is 0.179. The molecule has 0 saturated carbocycles. The van der Waals surface area contributed by atoms with Crippen molar-refractivity contribution in [1.29, 1.82) is 0 Å². The molecule has 6 heteroatoms. The third kappa shape index (κ3) is 4.25. The molecule has 0 radical (unpaired) electrons. The van der Waals surface area contributed by atoms with Gasteiger partial charge in [-0.2, -0.15) is 0 Å². The molecule has 1 atom stereocenters. The SMILES string of the molecule is CCOP(=O)(OCC)C(c1ccccc1)N(O)c1ccc(C)cc1. The summed E-state index contributed by atoms with van der Waals surface area (Å²) in [6.45, 7) is 5.92. The zero-order valence-electron chi connectivity index (χ0n) is 14.3. The van der Waals surface area contributed by atoms with Crippen LogP contribution in [0.4, 0.5) is 5.69 Å². The predicted molar refractivity (Wildman–Crippen MR) is 95.5 cm³/mol. The smallest absolute Gasteiger partial charge is 0.307 e. The van der Waals surface area contributed by atoms with Crippen molar-refractivity contribution >= 4 is 13.3 Å². The average molecular weight is 349 g/mol. The molecule has 1 unspecified atom stereocenters. The number of rotatable bonds is 8. The first kappa shape index (κ1) is 18.7. The van der Waals surface area contributed by atoms with Crippen molar-refractivity contribution in [2.24, 2.45) is 0 Å². The van der Waals surface area contributed by atoms with E-state index in [9.17, 15) is 9.77 Å². The van der Waals surface area contributed by atoms with Crippen LogP contribution in [0.15, 0.2) is 54.6 Å². The molecule has 2 rings (SSSR count). The standard InChI is InChI=1S/C18H24NO4P/c1-4-22-24(21,23-5-2)18(16-9-7-6-8-10-16)19(20)17-13-11-15(3)12-14-17/h6-14,18,20H,4-5H2,1-3H3. The van der Waals surface area contributed by atoms with Gasteiger partial charge in [0.15, 0.2) is 5.78 Å². The molecule has 0 aliphatic carbocycles. The summed E-state index contributed by atoms with van der Waals surface area (Å²) >= 11 is 0. The molecule has 0 aliphatic rings. The Morgan fingerprint density at radius 1 is 1.00 bits per heavy atom. The zero-order chi connectivity index (χ0) is 17.6. The van der Waals surface area contributed by atoms with Crippen LogP contribution in [0.2, 0.25) is 0 Å². The number of aryl methyl sites for hydroxylation is 1. The van der Waals surface area contributed by atoms with Crippen LogP contribution in [0.5, 0.6) is 0 Å². The minimum absolute atomic E-state index is 0.225. The van der Waals surface area contributed by atoms with Crippen LogP contribution >= 0.6 is 7.60 Å². The first-order valence-electron chi connectivity index (χ1n) is 8.00. The van der Waals surface area contributed by atoms with Gasteiger partial charge in [0.2, 0.25) is 0 Å². The van der Waals surface area contributed by atoms with Crippen molar-refractivity contribution < 1.29 is 18.8 Å². The van der Waals surface area contributed by atoms with Gasteiger partial charge in [-0.05, 0) is 38.5 Å². The molecule has 0 saturated heterocycles. The Kier molecular flexibility index (Phi) is 6.58. The highest BCUT2D eigenvalue weighted by atomic mass is 31.2. The number of benzene rings is 2. The average Bonchev–Trinajstić information content (AvgIpc) is 2.57. The molecule has 0 heterocycles. The Bertz CT molecular complexity index is 665. The van der Waals surface area contributed by atoms with E-state index >= 15 is 0 Å². The van der Waals surface area contributed by atoms with E-state index in [0.29, 0.717) is 11.3 Å². The second-order valence-corrected chi connectivity index (χ2v) is 7.43. The van der Waals surface area contributed by atoms with E-state index in [1.165, 1.54) is 0 Å². The monoisotopic (exact) mass is 349 g/mol. The summed E-state index contributed by atoms with van der Waals surface area (Å²) in [5, 5.41) is 11.8. The molecule has 0 bridgehead atoms. The second-order valence-electron chi connectivity index (χ2n) is 5.34. The summed E-state index contributed by atoms with van der Waals surface area (Å²) in [5.41, 5.74) is 2.25. The van der Waals surface area contributed by atoms with Crippen molar-refractivity contribution in [2.75, 3.05) is 18.3 Å². The highest BCUT2D eigenvalue weighted by Gasteiger charge is 2.41. The third-order valence-electron chi connectivity index (χ3n) is 3.55. The molecular formula is C18H24NO4P. The van der Waals surface area contributed by atoms with Crippen molar-refractivity contribution in [2.45, 2.75) is 26.6 Å². The quantitative estimate of drug-likeness (QED) is 0.527. The van der Waals surface area contributed by atoms with Crippen LogP contribution < -0.4 is 5.06 Å². The lowest BCUT2D eigenvalue weighted by Gasteiger charge is -2.33. The second kappa shape index (κ2) is 8.45. The summed E-state index contributed by atoms with van der Waals surface area (Å²) in [5.74, 6) is -0.943. The van der Waals surface area contributed by atoms with E-state index in [4.69, 9.17) is 9.05 Å². The normalized spacial score (nSPS) is 12.8. The number of nitrogens with zero attached hydrogens (tertiary/aromatic N) is 1.